The number of likely N-dealkylation sites (tertiary alicyclic amines) is 1. The van der Waals surface area contributed by atoms with Gasteiger partial charge >= 0.3 is 0 Å². The monoisotopic (exact) mass is 422 g/mol. The average Bonchev–Trinajstić information content (AvgIpc) is 3.00. The fourth-order valence-corrected chi connectivity index (χ4v) is 4.06. The van der Waals surface area contributed by atoms with Crippen molar-refractivity contribution in [2.45, 2.75) is 26.3 Å². The maximum absolute atomic E-state index is 13.1. The quantitative estimate of drug-likeness (QED) is 0.419. The Morgan fingerprint density at radius 1 is 1.10 bits per heavy atom. The molecule has 1 aliphatic heterocycles. The van der Waals surface area contributed by atoms with E-state index < -0.39 is 17.7 Å². The number of carbonyl (C=O) groups is 2. The van der Waals surface area contributed by atoms with Gasteiger partial charge in [-0.2, -0.15) is 0 Å². The van der Waals surface area contributed by atoms with Crippen molar-refractivity contribution in [2.24, 2.45) is 0 Å². The zero-order valence-corrected chi connectivity index (χ0v) is 18.8. The Morgan fingerprint density at radius 2 is 1.77 bits per heavy atom. The number of aryl methyl sites for hydroxylation is 2. The smallest absolute Gasteiger partial charge is 0.295 e. The van der Waals surface area contributed by atoms with E-state index in [0.29, 0.717) is 17.9 Å². The Kier molecular flexibility index (Phi) is 6.81. The fourth-order valence-electron chi connectivity index (χ4n) is 4.06. The zero-order valence-electron chi connectivity index (χ0n) is 18.8. The van der Waals surface area contributed by atoms with E-state index in [1.54, 1.807) is 18.1 Å². The molecule has 1 unspecified atom stereocenters. The molecule has 0 bridgehead atoms. The van der Waals surface area contributed by atoms with Crippen LogP contribution in [0, 0.1) is 13.8 Å². The summed E-state index contributed by atoms with van der Waals surface area (Å²) in [6, 6.07) is 12.4. The van der Waals surface area contributed by atoms with Gasteiger partial charge in [0.05, 0.1) is 18.7 Å². The summed E-state index contributed by atoms with van der Waals surface area (Å²) in [5.41, 5.74) is 3.08. The van der Waals surface area contributed by atoms with Crippen LogP contribution in [0.3, 0.4) is 0 Å². The highest BCUT2D eigenvalue weighted by Gasteiger charge is 2.45. The molecule has 0 radical (unpaired) electrons. The van der Waals surface area contributed by atoms with Crippen LogP contribution in [-0.4, -0.2) is 60.9 Å². The minimum atomic E-state index is -0.649. The predicted molar refractivity (Wildman–Crippen MR) is 121 cm³/mol. The van der Waals surface area contributed by atoms with Gasteiger partial charge in [0.2, 0.25) is 0 Å². The molecule has 1 aliphatic rings. The van der Waals surface area contributed by atoms with Gasteiger partial charge in [0, 0.05) is 12.1 Å². The van der Waals surface area contributed by atoms with Gasteiger partial charge in [0.15, 0.2) is 0 Å². The normalized spacial score (nSPS) is 18.1. The van der Waals surface area contributed by atoms with Crippen molar-refractivity contribution in [2.75, 3.05) is 34.3 Å². The van der Waals surface area contributed by atoms with Crippen molar-refractivity contribution in [3.63, 3.8) is 0 Å². The molecule has 2 aromatic rings. The summed E-state index contributed by atoms with van der Waals surface area (Å²) in [5.74, 6) is -0.663. The first-order chi connectivity index (χ1) is 14.8. The van der Waals surface area contributed by atoms with Crippen molar-refractivity contribution >= 4 is 17.4 Å². The molecule has 6 nitrogen and oxygen atoms in total. The van der Waals surface area contributed by atoms with Crippen LogP contribution in [0.15, 0.2) is 48.0 Å². The van der Waals surface area contributed by atoms with Crippen LogP contribution in [0.1, 0.15) is 34.7 Å². The molecule has 1 heterocycles. The van der Waals surface area contributed by atoms with E-state index >= 15 is 0 Å². The molecule has 31 heavy (non-hydrogen) atoms. The minimum Gasteiger partial charge on any atom is -0.507 e. The first-order valence-electron chi connectivity index (χ1n) is 10.4. The number of methoxy groups -OCH3 is 1. The van der Waals surface area contributed by atoms with E-state index in [4.69, 9.17) is 4.74 Å². The van der Waals surface area contributed by atoms with Crippen molar-refractivity contribution in [1.29, 1.82) is 0 Å². The lowest BCUT2D eigenvalue weighted by Gasteiger charge is -2.26. The summed E-state index contributed by atoms with van der Waals surface area (Å²) < 4.78 is 5.36. The summed E-state index contributed by atoms with van der Waals surface area (Å²) in [7, 11) is 5.53. The molecule has 0 saturated carbocycles. The van der Waals surface area contributed by atoms with E-state index in [0.717, 1.165) is 29.7 Å². The van der Waals surface area contributed by atoms with Crippen LogP contribution in [0.2, 0.25) is 0 Å². The van der Waals surface area contributed by atoms with Gasteiger partial charge in [-0.1, -0.05) is 30.3 Å². The van der Waals surface area contributed by atoms with Crippen LogP contribution in [0.4, 0.5) is 0 Å². The molecular weight excluding hydrogens is 392 g/mol. The van der Waals surface area contributed by atoms with Crippen molar-refractivity contribution < 1.29 is 19.4 Å². The first kappa shape index (κ1) is 22.6. The Hall–Kier alpha value is -3.12. The number of Topliss-reactive ketones (excluding diaryl/α,β-unsaturated/α-hetero) is 1. The molecule has 1 N–H and O–H groups in total. The van der Waals surface area contributed by atoms with Crippen LogP contribution in [0.5, 0.6) is 5.75 Å². The number of carbonyl (C=O) groups excluding carboxylic acids is 2. The third-order valence-corrected chi connectivity index (χ3v) is 5.66. The summed E-state index contributed by atoms with van der Waals surface area (Å²) in [6.45, 7) is 4.95. The van der Waals surface area contributed by atoms with Crippen molar-refractivity contribution in [1.82, 2.24) is 9.80 Å². The van der Waals surface area contributed by atoms with E-state index in [-0.39, 0.29) is 11.3 Å². The molecule has 0 spiro atoms. The Labute approximate surface area is 183 Å². The van der Waals surface area contributed by atoms with Gasteiger partial charge < -0.3 is 19.6 Å². The van der Waals surface area contributed by atoms with E-state index in [2.05, 4.69) is 0 Å². The highest BCUT2D eigenvalue weighted by molar-refractivity contribution is 6.46. The predicted octanol–water partition coefficient (Wildman–Crippen LogP) is 3.69. The number of amides is 1. The van der Waals surface area contributed by atoms with Crippen LogP contribution in [0.25, 0.3) is 5.76 Å². The lowest BCUT2D eigenvalue weighted by Crippen LogP contribution is -2.32. The SMILES string of the molecule is COc1cc(C)c(/C(O)=C2\C(=O)C(=O)N(CCCN(C)C)C2c2ccccc2)cc1C. The van der Waals surface area contributed by atoms with Gasteiger partial charge in [-0.3, -0.25) is 9.59 Å². The summed E-state index contributed by atoms with van der Waals surface area (Å²) in [4.78, 5) is 29.7. The van der Waals surface area contributed by atoms with Crippen LogP contribution in [-0.2, 0) is 9.59 Å². The molecule has 2 aromatic carbocycles. The van der Waals surface area contributed by atoms with Gasteiger partial charge in [-0.05, 0) is 69.7 Å². The summed E-state index contributed by atoms with van der Waals surface area (Å²) >= 11 is 0. The number of hydrogen-bond acceptors (Lipinski definition) is 5. The molecule has 1 amide bonds. The maximum atomic E-state index is 13.1. The van der Waals surface area contributed by atoms with E-state index in [1.165, 1.54) is 0 Å². The average molecular weight is 423 g/mol. The largest absolute Gasteiger partial charge is 0.507 e. The highest BCUT2D eigenvalue weighted by atomic mass is 16.5. The van der Waals surface area contributed by atoms with Crippen molar-refractivity contribution in [3.8, 4) is 5.75 Å². The second-order valence-electron chi connectivity index (χ2n) is 8.20. The lowest BCUT2D eigenvalue weighted by molar-refractivity contribution is -0.139. The molecule has 6 heteroatoms. The summed E-state index contributed by atoms with van der Waals surface area (Å²) in [5, 5.41) is 11.3. The maximum Gasteiger partial charge on any atom is 0.295 e. The second kappa shape index (κ2) is 9.35. The number of ketones is 1. The fraction of sp³-hybridized carbons (Fsp3) is 0.360. The topological polar surface area (TPSA) is 70.1 Å². The first-order valence-corrected chi connectivity index (χ1v) is 10.4. The van der Waals surface area contributed by atoms with Crippen LogP contribution >= 0.6 is 0 Å². The molecule has 1 atom stereocenters. The minimum absolute atomic E-state index is 0.133. The lowest BCUT2D eigenvalue weighted by atomic mass is 9.93. The molecule has 3 rings (SSSR count). The van der Waals surface area contributed by atoms with Crippen LogP contribution < -0.4 is 4.74 Å². The van der Waals surface area contributed by atoms with Gasteiger partial charge in [-0.15, -0.1) is 0 Å². The third kappa shape index (κ3) is 4.49. The Balaban J connectivity index is 2.13. The van der Waals surface area contributed by atoms with Gasteiger partial charge in [0.25, 0.3) is 11.7 Å². The van der Waals surface area contributed by atoms with Gasteiger partial charge in [-0.25, -0.2) is 0 Å². The second-order valence-corrected chi connectivity index (χ2v) is 8.20. The van der Waals surface area contributed by atoms with E-state index in [1.807, 2.05) is 69.2 Å². The molecular formula is C25H30N2O4. The number of hydrogen-bond donors (Lipinski definition) is 1. The number of nitrogens with zero attached hydrogens (tertiary/aromatic N) is 2. The molecule has 1 fully saturated rings. The molecule has 0 aromatic heterocycles. The zero-order chi connectivity index (χ0) is 22.7. The number of aliphatic hydroxyl groups excluding tert-OH is 1. The van der Waals surface area contributed by atoms with E-state index in [9.17, 15) is 14.7 Å². The standard InChI is InChI=1S/C25H30N2O4/c1-16-15-20(31-5)17(2)14-19(16)23(28)21-22(18-10-7-6-8-11-18)27(25(30)24(21)29)13-9-12-26(3)4/h6-8,10-11,14-15,22,28H,9,12-13H2,1-5H3/b23-21+. The third-order valence-electron chi connectivity index (χ3n) is 5.66. The number of ether oxygens (including phenoxy) is 1. The molecule has 164 valence electrons. The van der Waals surface area contributed by atoms with Crippen molar-refractivity contribution in [3.05, 3.63) is 70.3 Å². The Bertz CT molecular complexity index is 1010. The molecule has 1 saturated heterocycles. The number of rotatable bonds is 7. The molecule has 0 aliphatic carbocycles. The number of benzene rings is 2. The number of aliphatic hydroxyl groups is 1. The van der Waals surface area contributed by atoms with Gasteiger partial charge in [0.1, 0.15) is 11.5 Å². The summed E-state index contributed by atoms with van der Waals surface area (Å²) in [6.07, 6.45) is 0.726. The highest BCUT2D eigenvalue weighted by Crippen LogP contribution is 2.40. The Morgan fingerprint density at radius 3 is 2.39 bits per heavy atom.